The van der Waals surface area contributed by atoms with Crippen molar-refractivity contribution in [1.82, 2.24) is 0 Å². The minimum atomic E-state index is 0.387. The van der Waals surface area contributed by atoms with Gasteiger partial charge in [0.25, 0.3) is 0 Å². The molecule has 0 bridgehead atoms. The first-order valence-corrected chi connectivity index (χ1v) is 4.52. The summed E-state index contributed by atoms with van der Waals surface area (Å²) in [5.74, 6) is 5.12. The maximum Gasteiger partial charge on any atom is 0.0921 e. The van der Waals surface area contributed by atoms with Crippen LogP contribution >= 0.6 is 0 Å². The van der Waals surface area contributed by atoms with Crippen molar-refractivity contribution >= 4 is 5.69 Å². The standard InChI is InChI=1S/C14H11N/c1-4-9-13-10-7-8-11-14(13)15(6-3)12-5-2/h1-3,7-8,10-11H,9,12H2. The molecule has 0 N–H and O–H groups in total. The molecule has 0 aliphatic heterocycles. The Bertz CT molecular complexity index is 451. The molecule has 1 aromatic carbocycles. The predicted octanol–water partition coefficient (Wildman–Crippen LogP) is 1.89. The molecule has 0 spiro atoms. The van der Waals surface area contributed by atoms with Gasteiger partial charge in [-0.05, 0) is 11.6 Å². The fourth-order valence-electron chi connectivity index (χ4n) is 1.33. The van der Waals surface area contributed by atoms with E-state index in [2.05, 4.69) is 17.9 Å². The second-order valence-electron chi connectivity index (χ2n) is 2.93. The lowest BCUT2D eigenvalue weighted by atomic mass is 10.1. The Morgan fingerprint density at radius 3 is 2.40 bits per heavy atom. The number of nitrogens with zero attached hydrogens (tertiary/aromatic N) is 1. The third-order valence-electron chi connectivity index (χ3n) is 1.98. The van der Waals surface area contributed by atoms with Crippen molar-refractivity contribution in [1.29, 1.82) is 0 Å². The number of benzene rings is 1. The van der Waals surface area contributed by atoms with Crippen LogP contribution in [0.3, 0.4) is 0 Å². The van der Waals surface area contributed by atoms with E-state index >= 15 is 0 Å². The van der Waals surface area contributed by atoms with E-state index < -0.39 is 0 Å². The van der Waals surface area contributed by atoms with Crippen molar-refractivity contribution in [2.45, 2.75) is 6.42 Å². The van der Waals surface area contributed by atoms with Crippen LogP contribution in [-0.2, 0) is 6.42 Å². The average molecular weight is 193 g/mol. The van der Waals surface area contributed by atoms with Gasteiger partial charge >= 0.3 is 0 Å². The second-order valence-corrected chi connectivity index (χ2v) is 2.93. The molecule has 0 aliphatic rings. The van der Waals surface area contributed by atoms with Crippen molar-refractivity contribution in [2.75, 3.05) is 11.4 Å². The molecule has 1 nitrogen and oxygen atoms in total. The van der Waals surface area contributed by atoms with Gasteiger partial charge in [0.15, 0.2) is 0 Å². The number of rotatable bonds is 3. The number of hydrogen-bond acceptors (Lipinski definition) is 1. The van der Waals surface area contributed by atoms with Crippen LogP contribution in [0.4, 0.5) is 5.69 Å². The Balaban J connectivity index is 3.08. The van der Waals surface area contributed by atoms with Crippen LogP contribution in [0, 0.1) is 37.2 Å². The molecule has 0 radical (unpaired) electrons. The van der Waals surface area contributed by atoms with Crippen LogP contribution in [0.1, 0.15) is 5.56 Å². The van der Waals surface area contributed by atoms with E-state index in [0.29, 0.717) is 13.0 Å². The van der Waals surface area contributed by atoms with E-state index in [1.54, 1.807) is 4.90 Å². The van der Waals surface area contributed by atoms with Gasteiger partial charge in [-0.15, -0.1) is 18.8 Å². The molecule has 15 heavy (non-hydrogen) atoms. The van der Waals surface area contributed by atoms with Crippen molar-refractivity contribution in [3.05, 3.63) is 29.8 Å². The smallest absolute Gasteiger partial charge is 0.0921 e. The lowest BCUT2D eigenvalue weighted by Gasteiger charge is -2.17. The minimum Gasteiger partial charge on any atom is -0.289 e. The Kier molecular flexibility index (Phi) is 3.91. The normalized spacial score (nSPS) is 8.33. The van der Waals surface area contributed by atoms with Crippen LogP contribution in [0.5, 0.6) is 0 Å². The van der Waals surface area contributed by atoms with Gasteiger partial charge in [-0.1, -0.05) is 30.5 Å². The lowest BCUT2D eigenvalue weighted by molar-refractivity contribution is 1.12. The second kappa shape index (κ2) is 5.43. The van der Waals surface area contributed by atoms with Crippen LogP contribution in [0.2, 0.25) is 0 Å². The van der Waals surface area contributed by atoms with E-state index in [-0.39, 0.29) is 0 Å². The Labute approximate surface area is 91.1 Å². The Morgan fingerprint density at radius 2 is 1.80 bits per heavy atom. The molecular weight excluding hydrogens is 182 g/mol. The predicted molar refractivity (Wildman–Crippen MR) is 64.0 cm³/mol. The minimum absolute atomic E-state index is 0.387. The third-order valence-corrected chi connectivity index (χ3v) is 1.98. The van der Waals surface area contributed by atoms with Crippen LogP contribution in [-0.4, -0.2) is 6.54 Å². The quantitative estimate of drug-likeness (QED) is 0.523. The summed E-state index contributed by atoms with van der Waals surface area (Å²) in [6.07, 6.45) is 16.5. The fourth-order valence-corrected chi connectivity index (χ4v) is 1.33. The summed E-state index contributed by atoms with van der Waals surface area (Å²) in [6, 6.07) is 10.3. The largest absolute Gasteiger partial charge is 0.289 e. The molecule has 0 unspecified atom stereocenters. The summed E-state index contributed by atoms with van der Waals surface area (Å²) in [5, 5.41) is 0. The Morgan fingerprint density at radius 1 is 1.07 bits per heavy atom. The van der Waals surface area contributed by atoms with Gasteiger partial charge in [0.1, 0.15) is 0 Å². The summed E-state index contributed by atoms with van der Waals surface area (Å²) in [7, 11) is 0. The van der Waals surface area contributed by atoms with Gasteiger partial charge in [0.05, 0.1) is 12.2 Å². The van der Waals surface area contributed by atoms with E-state index in [4.69, 9.17) is 19.3 Å². The zero-order valence-electron chi connectivity index (χ0n) is 8.40. The topological polar surface area (TPSA) is 3.24 Å². The van der Waals surface area contributed by atoms with Crippen molar-refractivity contribution < 1.29 is 0 Å². The molecule has 0 atom stereocenters. The molecule has 1 heteroatoms. The zero-order valence-corrected chi connectivity index (χ0v) is 8.40. The fraction of sp³-hybridized carbons (Fsp3) is 0.143. The first-order chi connectivity index (χ1) is 7.33. The highest BCUT2D eigenvalue weighted by Gasteiger charge is 2.06. The van der Waals surface area contributed by atoms with Crippen molar-refractivity contribution in [2.24, 2.45) is 0 Å². The SMILES string of the molecule is C#CCc1ccccc1N(C#C)CC#C. The maximum absolute atomic E-state index is 5.38. The Hall–Kier alpha value is -2.30. The van der Waals surface area contributed by atoms with E-state index in [0.717, 1.165) is 11.3 Å². The third kappa shape index (κ3) is 2.57. The molecular formula is C14H11N. The number of terminal acetylenes is 3. The molecule has 0 amide bonds. The highest BCUT2D eigenvalue weighted by molar-refractivity contribution is 5.59. The van der Waals surface area contributed by atoms with Crippen LogP contribution in [0.25, 0.3) is 0 Å². The van der Waals surface area contributed by atoms with Gasteiger partial charge in [-0.2, -0.15) is 0 Å². The lowest BCUT2D eigenvalue weighted by Crippen LogP contribution is -2.17. The van der Waals surface area contributed by atoms with E-state index in [1.165, 1.54) is 0 Å². The van der Waals surface area contributed by atoms with Crippen LogP contribution < -0.4 is 4.90 Å². The molecule has 0 aromatic heterocycles. The first kappa shape index (κ1) is 10.8. The monoisotopic (exact) mass is 193 g/mol. The van der Waals surface area contributed by atoms with Gasteiger partial charge in [-0.25, -0.2) is 0 Å². The van der Waals surface area contributed by atoms with Crippen molar-refractivity contribution in [3.8, 4) is 37.2 Å². The molecule has 1 aromatic rings. The summed E-state index contributed by atoms with van der Waals surface area (Å²) >= 11 is 0. The number of anilines is 1. The zero-order chi connectivity index (χ0) is 11.1. The molecule has 0 fully saturated rings. The van der Waals surface area contributed by atoms with Gasteiger partial charge in [0, 0.05) is 12.5 Å². The summed E-state index contributed by atoms with van der Waals surface area (Å²) in [5.41, 5.74) is 1.93. The maximum atomic E-state index is 5.38. The molecule has 72 valence electrons. The highest BCUT2D eigenvalue weighted by atomic mass is 15.1. The van der Waals surface area contributed by atoms with Gasteiger partial charge in [-0.3, -0.25) is 4.90 Å². The van der Waals surface area contributed by atoms with Gasteiger partial charge < -0.3 is 0 Å². The highest BCUT2D eigenvalue weighted by Crippen LogP contribution is 2.19. The molecule has 0 heterocycles. The first-order valence-electron chi connectivity index (χ1n) is 4.52. The molecule has 0 aliphatic carbocycles. The van der Waals surface area contributed by atoms with Gasteiger partial charge in [0.2, 0.25) is 0 Å². The molecule has 0 saturated heterocycles. The molecule has 1 rings (SSSR count). The van der Waals surface area contributed by atoms with Crippen LogP contribution in [0.15, 0.2) is 24.3 Å². The average Bonchev–Trinajstić information content (AvgIpc) is 2.27. The molecule has 0 saturated carbocycles. The summed E-state index contributed by atoms with van der Waals surface area (Å²) in [4.78, 5) is 1.67. The summed E-state index contributed by atoms with van der Waals surface area (Å²) in [6.45, 7) is 0.387. The van der Waals surface area contributed by atoms with Crippen molar-refractivity contribution in [3.63, 3.8) is 0 Å². The van der Waals surface area contributed by atoms with E-state index in [1.807, 2.05) is 24.3 Å². The summed E-state index contributed by atoms with van der Waals surface area (Å²) < 4.78 is 0. The number of para-hydroxylation sites is 1. The number of hydrogen-bond donors (Lipinski definition) is 0. The van der Waals surface area contributed by atoms with E-state index in [9.17, 15) is 0 Å².